The average molecular weight is 394 g/mol. The number of hydrogen-bond donors (Lipinski definition) is 2. The Morgan fingerprint density at radius 1 is 0.793 bits per heavy atom. The summed E-state index contributed by atoms with van der Waals surface area (Å²) in [5.74, 6) is 3.29. The molecule has 7 heteroatoms. The zero-order valence-corrected chi connectivity index (χ0v) is 17.3. The third-order valence-electron chi connectivity index (χ3n) is 4.43. The van der Waals surface area contributed by atoms with E-state index < -0.39 is 0 Å². The first-order valence-corrected chi connectivity index (χ1v) is 9.31. The number of methoxy groups -OCH3 is 3. The van der Waals surface area contributed by atoms with Crippen molar-refractivity contribution in [3.05, 3.63) is 54.2 Å². The fraction of sp³-hybridized carbons (Fsp3) is 0.273. The van der Waals surface area contributed by atoms with Crippen molar-refractivity contribution in [2.75, 3.05) is 32.0 Å². The lowest BCUT2D eigenvalue weighted by molar-refractivity contribution is 0.324. The van der Waals surface area contributed by atoms with Gasteiger partial charge in [0.1, 0.15) is 5.82 Å². The standard InChI is InChI=1S/C22H26N4O3/c1-14(2)15-6-8-16(9-7-15)25-22-23-11-10-20(26-22)24-17-12-18(27-3)21(29-5)19(13-17)28-4/h6-14H,1-5H3,(H2,23,24,25,26). The Morgan fingerprint density at radius 2 is 1.45 bits per heavy atom. The number of nitrogens with one attached hydrogen (secondary N) is 2. The lowest BCUT2D eigenvalue weighted by Crippen LogP contribution is -2.02. The van der Waals surface area contributed by atoms with E-state index in [2.05, 4.69) is 46.6 Å². The van der Waals surface area contributed by atoms with Crippen LogP contribution in [0.2, 0.25) is 0 Å². The molecule has 152 valence electrons. The number of aromatic nitrogens is 2. The van der Waals surface area contributed by atoms with Crippen LogP contribution in [0.15, 0.2) is 48.7 Å². The number of hydrogen-bond acceptors (Lipinski definition) is 7. The lowest BCUT2D eigenvalue weighted by atomic mass is 10.0. The molecule has 1 aromatic heterocycles. The van der Waals surface area contributed by atoms with E-state index in [1.54, 1.807) is 33.6 Å². The van der Waals surface area contributed by atoms with Crippen molar-refractivity contribution >= 4 is 23.1 Å². The quantitative estimate of drug-likeness (QED) is 0.549. The van der Waals surface area contributed by atoms with E-state index in [9.17, 15) is 0 Å². The van der Waals surface area contributed by atoms with Crippen molar-refractivity contribution in [2.24, 2.45) is 0 Å². The molecule has 0 atom stereocenters. The molecule has 7 nitrogen and oxygen atoms in total. The van der Waals surface area contributed by atoms with Crippen LogP contribution in [0.3, 0.4) is 0 Å². The maximum atomic E-state index is 5.40. The first-order chi connectivity index (χ1) is 14.0. The molecule has 0 spiro atoms. The van der Waals surface area contributed by atoms with Gasteiger partial charge in [-0.2, -0.15) is 4.98 Å². The molecular weight excluding hydrogens is 368 g/mol. The number of benzene rings is 2. The van der Waals surface area contributed by atoms with Gasteiger partial charge in [0.05, 0.1) is 21.3 Å². The molecular formula is C22H26N4O3. The van der Waals surface area contributed by atoms with Gasteiger partial charge >= 0.3 is 0 Å². The minimum Gasteiger partial charge on any atom is -0.493 e. The first-order valence-electron chi connectivity index (χ1n) is 9.31. The van der Waals surface area contributed by atoms with Gasteiger partial charge in [-0.05, 0) is 29.7 Å². The summed E-state index contributed by atoms with van der Waals surface area (Å²) in [5, 5.41) is 6.48. The van der Waals surface area contributed by atoms with Crippen molar-refractivity contribution in [3.8, 4) is 17.2 Å². The molecule has 3 rings (SSSR count). The fourth-order valence-electron chi connectivity index (χ4n) is 2.87. The van der Waals surface area contributed by atoms with Gasteiger partial charge in [-0.25, -0.2) is 4.98 Å². The SMILES string of the molecule is COc1cc(Nc2ccnc(Nc3ccc(C(C)C)cc3)n2)cc(OC)c1OC. The summed E-state index contributed by atoms with van der Waals surface area (Å²) in [6.45, 7) is 4.34. The Balaban J connectivity index is 1.79. The van der Waals surface area contributed by atoms with Crippen LogP contribution >= 0.6 is 0 Å². The van der Waals surface area contributed by atoms with Gasteiger partial charge in [-0.3, -0.25) is 0 Å². The van der Waals surface area contributed by atoms with E-state index in [0.29, 0.717) is 34.9 Å². The molecule has 29 heavy (non-hydrogen) atoms. The van der Waals surface area contributed by atoms with E-state index in [-0.39, 0.29) is 0 Å². The van der Waals surface area contributed by atoms with Crippen LogP contribution in [0.5, 0.6) is 17.2 Å². The molecule has 2 aromatic carbocycles. The second kappa shape index (κ2) is 9.14. The maximum Gasteiger partial charge on any atom is 0.229 e. The summed E-state index contributed by atoms with van der Waals surface area (Å²) in [5.41, 5.74) is 2.97. The van der Waals surface area contributed by atoms with Gasteiger partial charge < -0.3 is 24.8 Å². The summed E-state index contributed by atoms with van der Waals surface area (Å²) < 4.78 is 16.2. The Morgan fingerprint density at radius 3 is 2.00 bits per heavy atom. The minimum atomic E-state index is 0.492. The van der Waals surface area contributed by atoms with Gasteiger partial charge in [0.2, 0.25) is 11.7 Å². The predicted molar refractivity (Wildman–Crippen MR) is 115 cm³/mol. The Bertz CT molecular complexity index is 934. The van der Waals surface area contributed by atoms with Gasteiger partial charge in [0.15, 0.2) is 11.5 Å². The van der Waals surface area contributed by atoms with Crippen molar-refractivity contribution in [2.45, 2.75) is 19.8 Å². The van der Waals surface area contributed by atoms with Gasteiger partial charge in [0, 0.05) is 29.7 Å². The molecule has 0 radical (unpaired) electrons. The van der Waals surface area contributed by atoms with Crippen molar-refractivity contribution in [3.63, 3.8) is 0 Å². The van der Waals surface area contributed by atoms with Gasteiger partial charge in [0.25, 0.3) is 0 Å². The highest BCUT2D eigenvalue weighted by molar-refractivity contribution is 5.67. The highest BCUT2D eigenvalue weighted by Gasteiger charge is 2.13. The van der Waals surface area contributed by atoms with E-state index in [1.165, 1.54) is 5.56 Å². The zero-order valence-electron chi connectivity index (χ0n) is 17.3. The molecule has 0 unspecified atom stereocenters. The molecule has 1 heterocycles. The third kappa shape index (κ3) is 4.87. The molecule has 0 amide bonds. The van der Waals surface area contributed by atoms with Crippen LogP contribution < -0.4 is 24.8 Å². The summed E-state index contributed by atoms with van der Waals surface area (Å²) in [6, 6.07) is 13.7. The zero-order chi connectivity index (χ0) is 20.8. The van der Waals surface area contributed by atoms with Crippen LogP contribution in [-0.4, -0.2) is 31.3 Å². The predicted octanol–water partition coefficient (Wildman–Crippen LogP) is 5.11. The number of nitrogens with zero attached hydrogens (tertiary/aromatic N) is 2. The average Bonchev–Trinajstić information content (AvgIpc) is 2.73. The van der Waals surface area contributed by atoms with Crippen LogP contribution in [0.25, 0.3) is 0 Å². The monoisotopic (exact) mass is 394 g/mol. The minimum absolute atomic E-state index is 0.492. The molecule has 0 aliphatic carbocycles. The smallest absolute Gasteiger partial charge is 0.229 e. The molecule has 0 aliphatic heterocycles. The van der Waals surface area contributed by atoms with Crippen LogP contribution in [0.1, 0.15) is 25.3 Å². The molecule has 0 fully saturated rings. The summed E-state index contributed by atoms with van der Waals surface area (Å²) in [7, 11) is 4.74. The van der Waals surface area contributed by atoms with Gasteiger partial charge in [-0.15, -0.1) is 0 Å². The largest absolute Gasteiger partial charge is 0.493 e. The molecule has 2 N–H and O–H groups in total. The Kier molecular flexibility index (Phi) is 6.39. The Labute approximate surface area is 171 Å². The van der Waals surface area contributed by atoms with E-state index >= 15 is 0 Å². The van der Waals surface area contributed by atoms with Crippen molar-refractivity contribution < 1.29 is 14.2 Å². The van der Waals surface area contributed by atoms with E-state index in [4.69, 9.17) is 14.2 Å². The summed E-state index contributed by atoms with van der Waals surface area (Å²) in [6.07, 6.45) is 1.69. The highest BCUT2D eigenvalue weighted by Crippen LogP contribution is 2.40. The molecule has 0 saturated carbocycles. The van der Waals surface area contributed by atoms with Crippen molar-refractivity contribution in [1.29, 1.82) is 0 Å². The molecule has 0 bridgehead atoms. The van der Waals surface area contributed by atoms with E-state index in [1.807, 2.05) is 24.3 Å². The normalized spacial score (nSPS) is 10.6. The second-order valence-electron chi connectivity index (χ2n) is 6.71. The van der Waals surface area contributed by atoms with Gasteiger partial charge in [-0.1, -0.05) is 26.0 Å². The highest BCUT2D eigenvalue weighted by atomic mass is 16.5. The maximum absolute atomic E-state index is 5.40. The Hall–Kier alpha value is -3.48. The molecule has 0 saturated heterocycles. The topological polar surface area (TPSA) is 77.5 Å². The lowest BCUT2D eigenvalue weighted by Gasteiger charge is -2.15. The van der Waals surface area contributed by atoms with Crippen molar-refractivity contribution in [1.82, 2.24) is 9.97 Å². The summed E-state index contributed by atoms with van der Waals surface area (Å²) >= 11 is 0. The first kappa shape index (κ1) is 20.3. The molecule has 3 aromatic rings. The van der Waals surface area contributed by atoms with Crippen LogP contribution in [-0.2, 0) is 0 Å². The number of rotatable bonds is 8. The number of anilines is 4. The third-order valence-corrected chi connectivity index (χ3v) is 4.43. The molecule has 0 aliphatic rings. The second-order valence-corrected chi connectivity index (χ2v) is 6.71. The van der Waals surface area contributed by atoms with Crippen LogP contribution in [0.4, 0.5) is 23.1 Å². The number of ether oxygens (including phenoxy) is 3. The summed E-state index contributed by atoms with van der Waals surface area (Å²) in [4.78, 5) is 8.83. The van der Waals surface area contributed by atoms with Crippen LogP contribution in [0, 0.1) is 0 Å². The fourth-order valence-corrected chi connectivity index (χ4v) is 2.87. The van der Waals surface area contributed by atoms with E-state index in [0.717, 1.165) is 11.4 Å².